The van der Waals surface area contributed by atoms with E-state index in [2.05, 4.69) is 54.3 Å². The Morgan fingerprint density at radius 1 is 1.35 bits per heavy atom. The number of rotatable bonds is 8. The highest BCUT2D eigenvalue weighted by Crippen LogP contribution is 2.18. The summed E-state index contributed by atoms with van der Waals surface area (Å²) in [5.74, 6) is 1.39. The molecule has 0 aromatic carbocycles. The van der Waals surface area contributed by atoms with Crippen LogP contribution in [-0.4, -0.2) is 41.3 Å². The lowest BCUT2D eigenvalue weighted by molar-refractivity contribution is 0.471. The molecule has 0 spiro atoms. The van der Waals surface area contributed by atoms with Crippen LogP contribution in [-0.2, 0) is 13.6 Å². The molecule has 0 aliphatic heterocycles. The number of aryl methyl sites for hydroxylation is 1. The summed E-state index contributed by atoms with van der Waals surface area (Å²) in [4.78, 5) is 6.56. The summed E-state index contributed by atoms with van der Waals surface area (Å²) in [5, 5.41) is 8.03. The lowest BCUT2D eigenvalue weighted by Crippen LogP contribution is -2.39. The van der Waals surface area contributed by atoms with Crippen molar-refractivity contribution >= 4 is 29.9 Å². The number of guanidine groups is 1. The van der Waals surface area contributed by atoms with E-state index in [0.29, 0.717) is 5.92 Å². The molecule has 1 heterocycles. The van der Waals surface area contributed by atoms with Crippen molar-refractivity contribution in [2.24, 2.45) is 12.0 Å². The molecule has 1 rings (SSSR count). The molecule has 6 heteroatoms. The quantitative estimate of drug-likeness (QED) is 0.293. The number of aromatic nitrogens is 2. The van der Waals surface area contributed by atoms with Gasteiger partial charge in [0, 0.05) is 46.0 Å². The van der Waals surface area contributed by atoms with Crippen LogP contribution >= 0.6 is 24.0 Å². The van der Waals surface area contributed by atoms with Crippen molar-refractivity contribution in [3.8, 4) is 0 Å². The first-order valence-electron chi connectivity index (χ1n) is 8.43. The first-order chi connectivity index (χ1) is 10.5. The molecule has 134 valence electrons. The maximum absolute atomic E-state index is 4.57. The normalized spacial score (nSPS) is 11.5. The van der Waals surface area contributed by atoms with Gasteiger partial charge in [0.25, 0.3) is 0 Å². The lowest BCUT2D eigenvalue weighted by atomic mass is 10.1. The molecule has 0 amide bonds. The van der Waals surface area contributed by atoms with Crippen LogP contribution in [0.25, 0.3) is 0 Å². The maximum atomic E-state index is 4.57. The van der Waals surface area contributed by atoms with Gasteiger partial charge in [-0.05, 0) is 12.3 Å². The van der Waals surface area contributed by atoms with Gasteiger partial charge >= 0.3 is 0 Å². The highest BCUT2D eigenvalue weighted by Gasteiger charge is 2.14. The highest BCUT2D eigenvalue weighted by molar-refractivity contribution is 14.0. The summed E-state index contributed by atoms with van der Waals surface area (Å²) in [6.45, 7) is 8.43. The van der Waals surface area contributed by atoms with Gasteiger partial charge in [0.1, 0.15) is 0 Å². The molecule has 0 aliphatic carbocycles. The van der Waals surface area contributed by atoms with Crippen molar-refractivity contribution in [1.29, 1.82) is 0 Å². The van der Waals surface area contributed by atoms with Crippen LogP contribution in [0.1, 0.15) is 63.6 Å². The summed E-state index contributed by atoms with van der Waals surface area (Å²) in [7, 11) is 5.91. The van der Waals surface area contributed by atoms with Crippen LogP contribution < -0.4 is 5.32 Å². The molecule has 0 radical (unpaired) electrons. The van der Waals surface area contributed by atoms with Gasteiger partial charge in [-0.3, -0.25) is 9.67 Å². The third-order valence-electron chi connectivity index (χ3n) is 3.78. The van der Waals surface area contributed by atoms with E-state index in [4.69, 9.17) is 0 Å². The van der Waals surface area contributed by atoms with Crippen molar-refractivity contribution < 1.29 is 0 Å². The summed E-state index contributed by atoms with van der Waals surface area (Å²) >= 11 is 0. The second kappa shape index (κ2) is 11.7. The molecule has 0 saturated heterocycles. The number of halogens is 1. The minimum Gasteiger partial charge on any atom is -0.356 e. The zero-order chi connectivity index (χ0) is 16.5. The van der Waals surface area contributed by atoms with E-state index < -0.39 is 0 Å². The number of hydrogen-bond acceptors (Lipinski definition) is 2. The van der Waals surface area contributed by atoms with Gasteiger partial charge in [-0.1, -0.05) is 40.0 Å². The number of nitrogens with zero attached hydrogens (tertiary/aromatic N) is 4. The van der Waals surface area contributed by atoms with Gasteiger partial charge in [0.2, 0.25) is 0 Å². The number of aliphatic imine (C=N–C) groups is 1. The van der Waals surface area contributed by atoms with Crippen molar-refractivity contribution in [2.45, 2.75) is 58.9 Å². The first kappa shape index (κ1) is 22.2. The molecule has 23 heavy (non-hydrogen) atoms. The standard InChI is InChI=1S/C17H33N5.HI/c1-7-8-9-10-11-19-17(18-4)21(5)12-15-13-22(6)20-16(15)14(2)3;/h13-14H,7-12H2,1-6H3,(H,18,19);1H. The van der Waals surface area contributed by atoms with E-state index in [1.165, 1.54) is 36.9 Å². The van der Waals surface area contributed by atoms with Crippen molar-refractivity contribution in [1.82, 2.24) is 20.0 Å². The Bertz CT molecular complexity index is 468. The van der Waals surface area contributed by atoms with Gasteiger partial charge in [-0.15, -0.1) is 24.0 Å². The van der Waals surface area contributed by atoms with Crippen LogP contribution in [0.2, 0.25) is 0 Å². The molecule has 1 aromatic heterocycles. The summed E-state index contributed by atoms with van der Waals surface area (Å²) in [5.41, 5.74) is 2.45. The minimum absolute atomic E-state index is 0. The average Bonchev–Trinajstić information content (AvgIpc) is 2.83. The van der Waals surface area contributed by atoms with E-state index >= 15 is 0 Å². The third-order valence-corrected chi connectivity index (χ3v) is 3.78. The average molecular weight is 435 g/mol. The van der Waals surface area contributed by atoms with E-state index in [1.54, 1.807) is 0 Å². The van der Waals surface area contributed by atoms with E-state index in [0.717, 1.165) is 19.0 Å². The number of hydrogen-bond donors (Lipinski definition) is 1. The maximum Gasteiger partial charge on any atom is 0.193 e. The van der Waals surface area contributed by atoms with Crippen molar-refractivity contribution in [3.63, 3.8) is 0 Å². The fourth-order valence-corrected chi connectivity index (χ4v) is 2.63. The molecule has 1 aromatic rings. The Morgan fingerprint density at radius 3 is 2.61 bits per heavy atom. The van der Waals surface area contributed by atoms with Gasteiger partial charge < -0.3 is 10.2 Å². The first-order valence-corrected chi connectivity index (χ1v) is 8.43. The van der Waals surface area contributed by atoms with Gasteiger partial charge in [0.05, 0.1) is 5.69 Å². The molecule has 0 aliphatic rings. The highest BCUT2D eigenvalue weighted by atomic mass is 127. The van der Waals surface area contributed by atoms with Gasteiger partial charge in [0.15, 0.2) is 5.96 Å². The Kier molecular flexibility index (Phi) is 11.3. The smallest absolute Gasteiger partial charge is 0.193 e. The van der Waals surface area contributed by atoms with E-state index in [-0.39, 0.29) is 24.0 Å². The van der Waals surface area contributed by atoms with E-state index in [9.17, 15) is 0 Å². The molecule has 1 N–H and O–H groups in total. The summed E-state index contributed by atoms with van der Waals surface area (Å²) in [6, 6.07) is 0. The van der Waals surface area contributed by atoms with Gasteiger partial charge in [-0.2, -0.15) is 5.10 Å². The van der Waals surface area contributed by atoms with Crippen molar-refractivity contribution in [3.05, 3.63) is 17.5 Å². The molecular formula is C17H34IN5. The summed E-state index contributed by atoms with van der Waals surface area (Å²) < 4.78 is 1.90. The fourth-order valence-electron chi connectivity index (χ4n) is 2.63. The van der Waals surface area contributed by atoms with Crippen LogP contribution in [0.3, 0.4) is 0 Å². The van der Waals surface area contributed by atoms with Crippen LogP contribution in [0.4, 0.5) is 0 Å². The zero-order valence-electron chi connectivity index (χ0n) is 15.6. The van der Waals surface area contributed by atoms with Gasteiger partial charge in [-0.25, -0.2) is 0 Å². The molecule has 0 bridgehead atoms. The second-order valence-electron chi connectivity index (χ2n) is 6.26. The van der Waals surface area contributed by atoms with Crippen LogP contribution in [0.15, 0.2) is 11.2 Å². The predicted molar refractivity (Wildman–Crippen MR) is 110 cm³/mol. The SMILES string of the molecule is CCCCCCNC(=NC)N(C)Cc1cn(C)nc1C(C)C.I. The molecule has 0 unspecified atom stereocenters. The third kappa shape index (κ3) is 7.54. The topological polar surface area (TPSA) is 45.5 Å². The second-order valence-corrected chi connectivity index (χ2v) is 6.26. The Balaban J connectivity index is 0.00000484. The molecule has 0 saturated carbocycles. The zero-order valence-corrected chi connectivity index (χ0v) is 17.9. The monoisotopic (exact) mass is 435 g/mol. The fraction of sp³-hybridized carbons (Fsp3) is 0.765. The van der Waals surface area contributed by atoms with Crippen LogP contribution in [0.5, 0.6) is 0 Å². The predicted octanol–water partition coefficient (Wildman–Crippen LogP) is 3.75. The Morgan fingerprint density at radius 2 is 2.04 bits per heavy atom. The lowest BCUT2D eigenvalue weighted by Gasteiger charge is -2.22. The number of nitrogens with one attached hydrogen (secondary N) is 1. The van der Waals surface area contributed by atoms with Crippen LogP contribution in [0, 0.1) is 0 Å². The summed E-state index contributed by atoms with van der Waals surface area (Å²) in [6.07, 6.45) is 7.17. The molecule has 0 atom stereocenters. The number of unbranched alkanes of at least 4 members (excludes halogenated alkanes) is 3. The van der Waals surface area contributed by atoms with E-state index in [1.807, 2.05) is 18.8 Å². The minimum atomic E-state index is 0. The Hall–Kier alpha value is -0.790. The molecular weight excluding hydrogens is 401 g/mol. The van der Waals surface area contributed by atoms with Crippen molar-refractivity contribution in [2.75, 3.05) is 20.6 Å². The molecule has 5 nitrogen and oxygen atoms in total. The Labute approximate surface area is 158 Å². The molecule has 0 fully saturated rings. The largest absolute Gasteiger partial charge is 0.356 e.